The van der Waals surface area contributed by atoms with E-state index in [0.717, 1.165) is 5.56 Å². The highest BCUT2D eigenvalue weighted by molar-refractivity contribution is 5.95. The molecule has 0 aliphatic carbocycles. The molecule has 0 radical (unpaired) electrons. The number of rotatable bonds is 4. The molecule has 1 amide bonds. The zero-order chi connectivity index (χ0) is 17.2. The van der Waals surface area contributed by atoms with Gasteiger partial charge in [0.1, 0.15) is 13.2 Å². The number of amides is 1. The highest BCUT2D eigenvalue weighted by atomic mass is 16.7. The first-order valence-corrected chi connectivity index (χ1v) is 7.89. The lowest BCUT2D eigenvalue weighted by Crippen LogP contribution is -2.23. The Hall–Kier alpha value is -3.09. The minimum absolute atomic E-state index is 0.224. The number of hydrogen-bond acceptors (Lipinski definition) is 6. The molecule has 2 heterocycles. The molecule has 0 bridgehead atoms. The van der Waals surface area contributed by atoms with E-state index in [1.165, 1.54) is 7.11 Å². The van der Waals surface area contributed by atoms with Crippen molar-refractivity contribution in [3.8, 4) is 28.7 Å². The van der Waals surface area contributed by atoms with Crippen molar-refractivity contribution in [1.82, 2.24) is 5.32 Å². The molecule has 25 heavy (non-hydrogen) atoms. The lowest BCUT2D eigenvalue weighted by atomic mass is 10.1. The van der Waals surface area contributed by atoms with Crippen LogP contribution in [0.25, 0.3) is 0 Å². The maximum Gasteiger partial charge on any atom is 0.251 e. The molecule has 0 spiro atoms. The van der Waals surface area contributed by atoms with Crippen molar-refractivity contribution in [1.29, 1.82) is 0 Å². The molecule has 1 N–H and O–H groups in total. The molecule has 4 rings (SSSR count). The van der Waals surface area contributed by atoms with Gasteiger partial charge in [0.05, 0.1) is 7.11 Å². The number of nitrogens with one attached hydrogen (secondary N) is 1. The summed E-state index contributed by atoms with van der Waals surface area (Å²) in [6.07, 6.45) is 0. The summed E-state index contributed by atoms with van der Waals surface area (Å²) in [6, 6.07) is 8.87. The fourth-order valence-corrected chi connectivity index (χ4v) is 2.74. The van der Waals surface area contributed by atoms with Gasteiger partial charge in [0, 0.05) is 12.1 Å². The molecule has 2 aliphatic rings. The quantitative estimate of drug-likeness (QED) is 0.917. The van der Waals surface area contributed by atoms with Crippen LogP contribution in [0.2, 0.25) is 0 Å². The van der Waals surface area contributed by atoms with Gasteiger partial charge in [-0.05, 0) is 29.8 Å². The molecule has 0 fully saturated rings. The Bertz CT molecular complexity index is 802. The van der Waals surface area contributed by atoms with Gasteiger partial charge in [0.2, 0.25) is 12.5 Å². The zero-order valence-electron chi connectivity index (χ0n) is 13.7. The van der Waals surface area contributed by atoms with Crippen LogP contribution in [-0.2, 0) is 6.54 Å². The number of ether oxygens (including phenoxy) is 5. The SMILES string of the molecule is COc1cc(C(=O)NCc2ccc3c(c2)OCO3)cc2c1OCCO2. The second-order valence-corrected chi connectivity index (χ2v) is 5.57. The number of carbonyl (C=O) groups is 1. The largest absolute Gasteiger partial charge is 0.493 e. The van der Waals surface area contributed by atoms with Crippen LogP contribution in [0.1, 0.15) is 15.9 Å². The molecule has 7 nitrogen and oxygen atoms in total. The maximum atomic E-state index is 12.5. The second kappa shape index (κ2) is 6.43. The van der Waals surface area contributed by atoms with Crippen molar-refractivity contribution >= 4 is 5.91 Å². The van der Waals surface area contributed by atoms with Gasteiger partial charge in [-0.25, -0.2) is 0 Å². The highest BCUT2D eigenvalue weighted by Crippen LogP contribution is 2.40. The molecule has 0 saturated carbocycles. The molecule has 7 heteroatoms. The first-order valence-electron chi connectivity index (χ1n) is 7.89. The van der Waals surface area contributed by atoms with Crippen molar-refractivity contribution in [2.45, 2.75) is 6.54 Å². The van der Waals surface area contributed by atoms with E-state index in [9.17, 15) is 4.79 Å². The van der Waals surface area contributed by atoms with Crippen molar-refractivity contribution in [2.75, 3.05) is 27.1 Å². The van der Waals surface area contributed by atoms with Gasteiger partial charge in [-0.3, -0.25) is 4.79 Å². The zero-order valence-corrected chi connectivity index (χ0v) is 13.7. The molecule has 2 aromatic rings. The number of carbonyl (C=O) groups excluding carboxylic acids is 1. The monoisotopic (exact) mass is 343 g/mol. The van der Waals surface area contributed by atoms with Crippen LogP contribution >= 0.6 is 0 Å². The van der Waals surface area contributed by atoms with Crippen LogP contribution in [0.3, 0.4) is 0 Å². The van der Waals surface area contributed by atoms with E-state index in [1.807, 2.05) is 18.2 Å². The number of methoxy groups -OCH3 is 1. The highest BCUT2D eigenvalue weighted by Gasteiger charge is 2.21. The van der Waals surface area contributed by atoms with Crippen molar-refractivity contribution in [3.05, 3.63) is 41.5 Å². The summed E-state index contributed by atoms with van der Waals surface area (Å²) in [5.41, 5.74) is 1.36. The summed E-state index contributed by atoms with van der Waals surface area (Å²) in [4.78, 5) is 12.5. The Kier molecular flexibility index (Phi) is 3.97. The van der Waals surface area contributed by atoms with Crippen LogP contribution in [0.5, 0.6) is 28.7 Å². The number of hydrogen-bond donors (Lipinski definition) is 1. The van der Waals surface area contributed by atoms with Gasteiger partial charge in [0.25, 0.3) is 5.91 Å². The second-order valence-electron chi connectivity index (χ2n) is 5.57. The van der Waals surface area contributed by atoms with Gasteiger partial charge in [-0.1, -0.05) is 6.07 Å². The number of benzene rings is 2. The fraction of sp³-hybridized carbons (Fsp3) is 0.278. The molecule has 0 unspecified atom stereocenters. The predicted octanol–water partition coefficient (Wildman–Crippen LogP) is 2.13. The van der Waals surface area contributed by atoms with Crippen molar-refractivity contribution in [3.63, 3.8) is 0 Å². The van der Waals surface area contributed by atoms with Crippen LogP contribution in [0, 0.1) is 0 Å². The smallest absolute Gasteiger partial charge is 0.251 e. The van der Waals surface area contributed by atoms with Crippen LogP contribution in [-0.4, -0.2) is 33.0 Å². The van der Waals surface area contributed by atoms with E-state index in [1.54, 1.807) is 12.1 Å². The summed E-state index contributed by atoms with van der Waals surface area (Å²) < 4.78 is 27.0. The molecular formula is C18H17NO6. The number of fused-ring (bicyclic) bond motifs is 2. The normalized spacial score (nSPS) is 14.1. The fourth-order valence-electron chi connectivity index (χ4n) is 2.74. The third kappa shape index (κ3) is 3.00. The van der Waals surface area contributed by atoms with E-state index < -0.39 is 0 Å². The lowest BCUT2D eigenvalue weighted by molar-refractivity contribution is 0.0949. The van der Waals surface area contributed by atoms with Gasteiger partial charge < -0.3 is 29.0 Å². The summed E-state index contributed by atoms with van der Waals surface area (Å²) >= 11 is 0. The van der Waals surface area contributed by atoms with Crippen molar-refractivity contribution in [2.24, 2.45) is 0 Å². The first kappa shape index (κ1) is 15.4. The van der Waals surface area contributed by atoms with E-state index >= 15 is 0 Å². The van der Waals surface area contributed by atoms with Gasteiger partial charge in [-0.15, -0.1) is 0 Å². The molecule has 0 aromatic heterocycles. The van der Waals surface area contributed by atoms with Crippen LogP contribution < -0.4 is 29.0 Å². The first-order chi connectivity index (χ1) is 12.2. The van der Waals surface area contributed by atoms with E-state index in [-0.39, 0.29) is 12.7 Å². The molecule has 0 atom stereocenters. The Morgan fingerprint density at radius 2 is 1.88 bits per heavy atom. The minimum Gasteiger partial charge on any atom is -0.493 e. The molecular weight excluding hydrogens is 326 g/mol. The van der Waals surface area contributed by atoms with Crippen LogP contribution in [0.15, 0.2) is 30.3 Å². The Balaban J connectivity index is 1.49. The van der Waals surface area contributed by atoms with Gasteiger partial charge in [-0.2, -0.15) is 0 Å². The van der Waals surface area contributed by atoms with E-state index in [4.69, 9.17) is 23.7 Å². The standard InChI is InChI=1S/C18H17NO6/c1-21-15-7-12(8-16-17(15)23-5-4-22-16)18(20)19-9-11-2-3-13-14(6-11)25-10-24-13/h2-3,6-8H,4-5,9-10H2,1H3,(H,19,20). The molecule has 2 aliphatic heterocycles. The van der Waals surface area contributed by atoms with Gasteiger partial charge in [0.15, 0.2) is 23.0 Å². The van der Waals surface area contributed by atoms with E-state index in [2.05, 4.69) is 5.32 Å². The van der Waals surface area contributed by atoms with Crippen LogP contribution in [0.4, 0.5) is 0 Å². The van der Waals surface area contributed by atoms with Crippen molar-refractivity contribution < 1.29 is 28.5 Å². The van der Waals surface area contributed by atoms with Gasteiger partial charge >= 0.3 is 0 Å². The minimum atomic E-state index is -0.229. The predicted molar refractivity (Wildman–Crippen MR) is 87.7 cm³/mol. The summed E-state index contributed by atoms with van der Waals surface area (Å²) in [5, 5.41) is 2.88. The average Bonchev–Trinajstić information content (AvgIpc) is 3.13. The third-order valence-corrected chi connectivity index (χ3v) is 3.98. The molecule has 130 valence electrons. The third-order valence-electron chi connectivity index (χ3n) is 3.98. The average molecular weight is 343 g/mol. The Morgan fingerprint density at radius 1 is 1.04 bits per heavy atom. The topological polar surface area (TPSA) is 75.3 Å². The van der Waals surface area contributed by atoms with E-state index in [0.29, 0.717) is 54.1 Å². The Labute approximate surface area is 144 Å². The summed E-state index contributed by atoms with van der Waals surface area (Å²) in [5.74, 6) is 2.69. The maximum absolute atomic E-state index is 12.5. The lowest BCUT2D eigenvalue weighted by Gasteiger charge is -2.21. The summed E-state index contributed by atoms with van der Waals surface area (Å²) in [7, 11) is 1.53. The Morgan fingerprint density at radius 3 is 2.76 bits per heavy atom. The molecule has 0 saturated heterocycles. The molecule has 2 aromatic carbocycles. The summed E-state index contributed by atoms with van der Waals surface area (Å²) in [6.45, 7) is 1.49.